The maximum absolute atomic E-state index is 13.1. The lowest BCUT2D eigenvalue weighted by atomic mass is 10.1. The quantitative estimate of drug-likeness (QED) is 0.394. The SMILES string of the molecule is COc1ccc(NC(=O)Cn2nc(-c3ccc(OC)c(OC)c3)c3sc(C)nc3c2=O)c(OC)c1. The van der Waals surface area contributed by atoms with Gasteiger partial charge in [-0.25, -0.2) is 9.67 Å². The first kappa shape index (κ1) is 24.0. The van der Waals surface area contributed by atoms with Gasteiger partial charge in [-0.05, 0) is 37.3 Å². The van der Waals surface area contributed by atoms with Crippen molar-refractivity contribution in [1.82, 2.24) is 14.8 Å². The molecule has 2 aromatic carbocycles. The van der Waals surface area contributed by atoms with Crippen LogP contribution in [-0.4, -0.2) is 49.1 Å². The summed E-state index contributed by atoms with van der Waals surface area (Å²) in [6.07, 6.45) is 0. The van der Waals surface area contributed by atoms with Crippen LogP contribution in [0.3, 0.4) is 0 Å². The van der Waals surface area contributed by atoms with Gasteiger partial charge in [-0.15, -0.1) is 11.3 Å². The fraction of sp³-hybridized carbons (Fsp3) is 0.250. The Morgan fingerprint density at radius 3 is 2.40 bits per heavy atom. The molecule has 0 aliphatic heterocycles. The zero-order chi connectivity index (χ0) is 25.1. The number of hydrogen-bond donors (Lipinski definition) is 1. The maximum Gasteiger partial charge on any atom is 0.294 e. The van der Waals surface area contributed by atoms with E-state index in [1.54, 1.807) is 44.6 Å². The molecule has 0 saturated carbocycles. The predicted molar refractivity (Wildman–Crippen MR) is 133 cm³/mol. The molecule has 0 atom stereocenters. The maximum atomic E-state index is 13.1. The molecule has 0 bridgehead atoms. The first-order valence-corrected chi connectivity index (χ1v) is 11.3. The molecule has 0 aliphatic carbocycles. The fourth-order valence-corrected chi connectivity index (χ4v) is 4.49. The van der Waals surface area contributed by atoms with Gasteiger partial charge in [0.1, 0.15) is 23.7 Å². The number of nitrogens with zero attached hydrogens (tertiary/aromatic N) is 3. The highest BCUT2D eigenvalue weighted by atomic mass is 32.1. The molecule has 0 radical (unpaired) electrons. The van der Waals surface area contributed by atoms with Gasteiger partial charge < -0.3 is 24.3 Å². The van der Waals surface area contributed by atoms with E-state index in [4.69, 9.17) is 18.9 Å². The van der Waals surface area contributed by atoms with E-state index in [-0.39, 0.29) is 12.1 Å². The highest BCUT2D eigenvalue weighted by molar-refractivity contribution is 7.19. The molecule has 2 heterocycles. The van der Waals surface area contributed by atoms with Crippen LogP contribution in [-0.2, 0) is 11.3 Å². The Hall–Kier alpha value is -4.12. The van der Waals surface area contributed by atoms with E-state index in [2.05, 4.69) is 15.4 Å². The van der Waals surface area contributed by atoms with Crippen molar-refractivity contribution in [2.24, 2.45) is 0 Å². The van der Waals surface area contributed by atoms with E-state index in [1.807, 2.05) is 13.0 Å². The monoisotopic (exact) mass is 496 g/mol. The first-order valence-electron chi connectivity index (χ1n) is 10.5. The highest BCUT2D eigenvalue weighted by Gasteiger charge is 2.19. The number of hydrogen-bond acceptors (Lipinski definition) is 9. The third-order valence-electron chi connectivity index (χ3n) is 5.24. The number of nitrogens with one attached hydrogen (secondary N) is 1. The summed E-state index contributed by atoms with van der Waals surface area (Å²) in [6.45, 7) is 1.50. The van der Waals surface area contributed by atoms with Crippen LogP contribution in [0.4, 0.5) is 5.69 Å². The van der Waals surface area contributed by atoms with Crippen molar-refractivity contribution in [2.75, 3.05) is 33.8 Å². The van der Waals surface area contributed by atoms with Gasteiger partial charge in [0, 0.05) is 11.6 Å². The number of carbonyl (C=O) groups excluding carboxylic acids is 1. The average molecular weight is 497 g/mol. The molecule has 10 nitrogen and oxygen atoms in total. The summed E-state index contributed by atoms with van der Waals surface area (Å²) in [5.74, 6) is 1.64. The van der Waals surface area contributed by atoms with Gasteiger partial charge in [0.2, 0.25) is 5.91 Å². The smallest absolute Gasteiger partial charge is 0.294 e. The van der Waals surface area contributed by atoms with Crippen LogP contribution in [0.2, 0.25) is 0 Å². The highest BCUT2D eigenvalue weighted by Crippen LogP contribution is 2.35. The van der Waals surface area contributed by atoms with Gasteiger partial charge in [-0.2, -0.15) is 5.10 Å². The number of aryl methyl sites for hydroxylation is 1. The third-order valence-corrected chi connectivity index (χ3v) is 6.22. The van der Waals surface area contributed by atoms with Gasteiger partial charge in [0.15, 0.2) is 17.0 Å². The largest absolute Gasteiger partial charge is 0.497 e. The first-order chi connectivity index (χ1) is 16.9. The van der Waals surface area contributed by atoms with Crippen molar-refractivity contribution in [1.29, 1.82) is 0 Å². The Balaban J connectivity index is 1.73. The topological polar surface area (TPSA) is 114 Å². The molecule has 182 valence electrons. The number of aromatic nitrogens is 3. The Morgan fingerprint density at radius 2 is 1.71 bits per heavy atom. The molecule has 0 unspecified atom stereocenters. The minimum atomic E-state index is -0.453. The van der Waals surface area contributed by atoms with Crippen molar-refractivity contribution in [3.05, 3.63) is 51.8 Å². The number of benzene rings is 2. The number of amides is 1. The predicted octanol–water partition coefficient (Wildman–Crippen LogP) is 3.50. The lowest BCUT2D eigenvalue weighted by molar-refractivity contribution is -0.117. The van der Waals surface area contributed by atoms with Crippen LogP contribution >= 0.6 is 11.3 Å². The number of fused-ring (bicyclic) bond motifs is 1. The van der Waals surface area contributed by atoms with E-state index < -0.39 is 11.5 Å². The lowest BCUT2D eigenvalue weighted by Crippen LogP contribution is -2.30. The Bertz CT molecular complexity index is 1460. The molecule has 0 fully saturated rings. The molecule has 0 spiro atoms. The molecule has 0 saturated heterocycles. The molecule has 35 heavy (non-hydrogen) atoms. The second-order valence-electron chi connectivity index (χ2n) is 7.41. The zero-order valence-electron chi connectivity index (χ0n) is 19.9. The van der Waals surface area contributed by atoms with Crippen molar-refractivity contribution in [2.45, 2.75) is 13.5 Å². The molecule has 2 aromatic heterocycles. The molecule has 0 aliphatic rings. The third kappa shape index (κ3) is 4.76. The summed E-state index contributed by atoms with van der Waals surface area (Å²) in [7, 11) is 6.12. The number of anilines is 1. The summed E-state index contributed by atoms with van der Waals surface area (Å²) < 4.78 is 23.0. The van der Waals surface area contributed by atoms with Crippen LogP contribution in [0.25, 0.3) is 21.5 Å². The normalized spacial score (nSPS) is 10.8. The number of methoxy groups -OCH3 is 4. The van der Waals surface area contributed by atoms with E-state index in [9.17, 15) is 9.59 Å². The molecule has 1 N–H and O–H groups in total. The lowest BCUT2D eigenvalue weighted by Gasteiger charge is -2.13. The van der Waals surface area contributed by atoms with E-state index in [1.165, 1.54) is 25.6 Å². The summed E-state index contributed by atoms with van der Waals surface area (Å²) in [6, 6.07) is 10.4. The van der Waals surface area contributed by atoms with E-state index in [0.29, 0.717) is 49.7 Å². The summed E-state index contributed by atoms with van der Waals surface area (Å²) >= 11 is 1.36. The van der Waals surface area contributed by atoms with Gasteiger partial charge >= 0.3 is 0 Å². The van der Waals surface area contributed by atoms with Gasteiger partial charge in [0.05, 0.1) is 43.8 Å². The second kappa shape index (κ2) is 10.0. The second-order valence-corrected chi connectivity index (χ2v) is 8.61. The van der Waals surface area contributed by atoms with Crippen LogP contribution < -0.4 is 29.8 Å². The fourth-order valence-electron chi connectivity index (χ4n) is 3.57. The molecular formula is C24H24N4O6S. The summed E-state index contributed by atoms with van der Waals surface area (Å²) in [5.41, 5.74) is 1.45. The minimum absolute atomic E-state index is 0.252. The minimum Gasteiger partial charge on any atom is -0.497 e. The molecule has 4 aromatic rings. The Labute approximate surface area is 205 Å². The Morgan fingerprint density at radius 1 is 0.971 bits per heavy atom. The van der Waals surface area contributed by atoms with Gasteiger partial charge in [0.25, 0.3) is 5.56 Å². The van der Waals surface area contributed by atoms with Gasteiger partial charge in [-0.1, -0.05) is 0 Å². The molecule has 4 rings (SSSR count). The van der Waals surface area contributed by atoms with Crippen molar-refractivity contribution in [3.8, 4) is 34.3 Å². The zero-order valence-corrected chi connectivity index (χ0v) is 20.7. The van der Waals surface area contributed by atoms with Crippen LogP contribution in [0.5, 0.6) is 23.0 Å². The number of rotatable bonds is 8. The van der Waals surface area contributed by atoms with E-state index >= 15 is 0 Å². The number of ether oxygens (including phenoxy) is 4. The van der Waals surface area contributed by atoms with Crippen molar-refractivity contribution < 1.29 is 23.7 Å². The molecular weight excluding hydrogens is 472 g/mol. The van der Waals surface area contributed by atoms with E-state index in [0.717, 1.165) is 4.68 Å². The van der Waals surface area contributed by atoms with Crippen molar-refractivity contribution in [3.63, 3.8) is 0 Å². The van der Waals surface area contributed by atoms with Crippen LogP contribution in [0, 0.1) is 6.92 Å². The van der Waals surface area contributed by atoms with Gasteiger partial charge in [-0.3, -0.25) is 9.59 Å². The molecule has 11 heteroatoms. The standard InChI is InChI=1S/C24H24N4O6S/c1-13-25-22-23(35-13)21(14-6-9-17(32-3)19(10-14)34-5)27-28(24(22)30)12-20(29)26-16-8-7-15(31-2)11-18(16)33-4/h6-11H,12H2,1-5H3,(H,26,29). The van der Waals surface area contributed by atoms with Crippen molar-refractivity contribution >= 4 is 33.1 Å². The van der Waals surface area contributed by atoms with Crippen LogP contribution in [0.1, 0.15) is 5.01 Å². The van der Waals surface area contributed by atoms with Crippen LogP contribution in [0.15, 0.2) is 41.2 Å². The Kier molecular flexibility index (Phi) is 6.87. The summed E-state index contributed by atoms with van der Waals surface area (Å²) in [5, 5.41) is 8.01. The summed E-state index contributed by atoms with van der Waals surface area (Å²) in [4.78, 5) is 30.4. The number of carbonyl (C=O) groups is 1. The average Bonchev–Trinajstić information content (AvgIpc) is 3.27. The number of thiazole rings is 1. The molecule has 1 amide bonds.